The number of benzene rings is 1. The van der Waals surface area contributed by atoms with Crippen LogP contribution in [0.5, 0.6) is 0 Å². The number of nitrogens with zero attached hydrogens (tertiary/aromatic N) is 3. The summed E-state index contributed by atoms with van der Waals surface area (Å²) >= 11 is 0. The lowest BCUT2D eigenvalue weighted by atomic mass is 10.3. The summed E-state index contributed by atoms with van der Waals surface area (Å²) in [6, 6.07) is 3.74. The molecule has 0 atom stereocenters. The normalized spacial score (nSPS) is 17.6. The highest BCUT2D eigenvalue weighted by Crippen LogP contribution is 2.28. The van der Waals surface area contributed by atoms with E-state index in [1.54, 1.807) is 7.05 Å². The van der Waals surface area contributed by atoms with E-state index >= 15 is 0 Å². The van der Waals surface area contributed by atoms with E-state index in [1.807, 2.05) is 7.05 Å². The lowest BCUT2D eigenvalue weighted by molar-refractivity contribution is -0.384. The van der Waals surface area contributed by atoms with Crippen LogP contribution < -0.4 is 5.32 Å². The van der Waals surface area contributed by atoms with Crippen molar-refractivity contribution >= 4 is 21.4 Å². The Morgan fingerprint density at radius 3 is 2.38 bits per heavy atom. The van der Waals surface area contributed by atoms with Gasteiger partial charge in [0.2, 0.25) is 10.0 Å². The van der Waals surface area contributed by atoms with Crippen LogP contribution in [0.4, 0.5) is 11.4 Å². The zero-order valence-corrected chi connectivity index (χ0v) is 12.8. The first-order chi connectivity index (χ1) is 9.86. The Hall–Kier alpha value is -1.71. The highest BCUT2D eigenvalue weighted by Gasteiger charge is 2.30. The largest absolute Gasteiger partial charge is 0.387 e. The average molecular weight is 314 g/mol. The predicted molar refractivity (Wildman–Crippen MR) is 78.9 cm³/mol. The monoisotopic (exact) mass is 314 g/mol. The third-order valence-electron chi connectivity index (χ3n) is 3.52. The van der Waals surface area contributed by atoms with Gasteiger partial charge in [-0.05, 0) is 13.1 Å². The molecule has 0 spiro atoms. The first-order valence-electron chi connectivity index (χ1n) is 6.51. The van der Waals surface area contributed by atoms with E-state index in [9.17, 15) is 18.5 Å². The number of anilines is 1. The molecule has 1 fully saturated rings. The topological polar surface area (TPSA) is 95.8 Å². The quantitative estimate of drug-likeness (QED) is 0.645. The lowest BCUT2D eigenvalue weighted by Gasteiger charge is -2.31. The Bertz CT molecular complexity index is 639. The fourth-order valence-corrected chi connectivity index (χ4v) is 3.82. The van der Waals surface area contributed by atoms with Crippen molar-refractivity contribution in [1.29, 1.82) is 0 Å². The molecule has 0 saturated carbocycles. The highest BCUT2D eigenvalue weighted by atomic mass is 32.2. The molecular formula is C12H18N4O4S. The smallest absolute Gasteiger partial charge is 0.271 e. The molecule has 21 heavy (non-hydrogen) atoms. The number of nitro benzene ring substituents is 1. The van der Waals surface area contributed by atoms with Gasteiger partial charge in [0.25, 0.3) is 5.69 Å². The Morgan fingerprint density at radius 1 is 1.24 bits per heavy atom. The van der Waals surface area contributed by atoms with Crippen molar-refractivity contribution in [3.63, 3.8) is 0 Å². The summed E-state index contributed by atoms with van der Waals surface area (Å²) in [7, 11) is -0.166. The van der Waals surface area contributed by atoms with E-state index in [-0.39, 0.29) is 16.3 Å². The fourth-order valence-electron chi connectivity index (χ4n) is 2.22. The van der Waals surface area contributed by atoms with Crippen molar-refractivity contribution in [2.75, 3.05) is 45.6 Å². The van der Waals surface area contributed by atoms with Crippen molar-refractivity contribution in [3.8, 4) is 0 Å². The van der Waals surface area contributed by atoms with E-state index < -0.39 is 14.9 Å². The molecule has 0 bridgehead atoms. The number of hydrogen-bond donors (Lipinski definition) is 1. The summed E-state index contributed by atoms with van der Waals surface area (Å²) in [4.78, 5) is 12.4. The highest BCUT2D eigenvalue weighted by molar-refractivity contribution is 7.89. The molecule has 1 aliphatic heterocycles. The second-order valence-corrected chi connectivity index (χ2v) is 6.80. The molecular weight excluding hydrogens is 296 g/mol. The van der Waals surface area contributed by atoms with Gasteiger partial charge in [0.1, 0.15) is 4.90 Å². The van der Waals surface area contributed by atoms with Gasteiger partial charge in [-0.2, -0.15) is 4.31 Å². The summed E-state index contributed by atoms with van der Waals surface area (Å²) in [5.74, 6) is 0. The van der Waals surface area contributed by atoms with Crippen LogP contribution in [0.15, 0.2) is 23.1 Å². The summed E-state index contributed by atoms with van der Waals surface area (Å²) in [5, 5.41) is 13.5. The van der Waals surface area contributed by atoms with Gasteiger partial charge >= 0.3 is 0 Å². The molecule has 0 radical (unpaired) electrons. The maximum Gasteiger partial charge on any atom is 0.271 e. The van der Waals surface area contributed by atoms with Crippen molar-refractivity contribution in [1.82, 2.24) is 9.21 Å². The van der Waals surface area contributed by atoms with Gasteiger partial charge < -0.3 is 10.2 Å². The number of nitro groups is 1. The Labute approximate surface area is 123 Å². The molecule has 8 nitrogen and oxygen atoms in total. The Balaban J connectivity index is 2.38. The molecule has 0 aliphatic carbocycles. The third kappa shape index (κ3) is 3.14. The first-order valence-corrected chi connectivity index (χ1v) is 7.95. The molecule has 1 N–H and O–H groups in total. The molecule has 2 rings (SSSR count). The van der Waals surface area contributed by atoms with Crippen LogP contribution in [0.2, 0.25) is 0 Å². The maximum absolute atomic E-state index is 12.7. The molecule has 0 unspecified atom stereocenters. The first kappa shape index (κ1) is 15.7. The number of piperazine rings is 1. The van der Waals surface area contributed by atoms with Crippen molar-refractivity contribution < 1.29 is 13.3 Å². The van der Waals surface area contributed by atoms with Crippen molar-refractivity contribution in [2.24, 2.45) is 0 Å². The molecule has 1 aromatic carbocycles. The van der Waals surface area contributed by atoms with Gasteiger partial charge in [-0.3, -0.25) is 10.1 Å². The summed E-state index contributed by atoms with van der Waals surface area (Å²) in [5.41, 5.74) is 0.0970. The molecule has 1 aromatic rings. The Kier molecular flexibility index (Phi) is 4.45. The number of likely N-dealkylation sites (N-methyl/N-ethyl adjacent to an activating group) is 1. The SMILES string of the molecule is CNc1cc([N+](=O)[O-])ccc1S(=O)(=O)N1CCN(C)CC1. The Morgan fingerprint density at radius 2 is 1.86 bits per heavy atom. The van der Waals surface area contributed by atoms with Crippen LogP contribution >= 0.6 is 0 Å². The standard InChI is InChI=1S/C12H18N4O4S/c1-13-11-9-10(16(17)18)3-4-12(11)21(19,20)15-7-5-14(2)6-8-15/h3-4,9,13H,5-8H2,1-2H3. The van der Waals surface area contributed by atoms with Gasteiger partial charge in [0.15, 0.2) is 0 Å². The van der Waals surface area contributed by atoms with E-state index in [4.69, 9.17) is 0 Å². The zero-order valence-electron chi connectivity index (χ0n) is 11.9. The van der Waals surface area contributed by atoms with Crippen LogP contribution in [-0.2, 0) is 10.0 Å². The molecule has 116 valence electrons. The summed E-state index contributed by atoms with van der Waals surface area (Å²) in [6.07, 6.45) is 0. The van der Waals surface area contributed by atoms with Crippen LogP contribution in [-0.4, -0.2) is 62.8 Å². The van der Waals surface area contributed by atoms with Gasteiger partial charge in [0, 0.05) is 45.4 Å². The van der Waals surface area contributed by atoms with Gasteiger partial charge in [0.05, 0.1) is 10.6 Å². The minimum Gasteiger partial charge on any atom is -0.387 e. The molecule has 9 heteroatoms. The maximum atomic E-state index is 12.7. The average Bonchev–Trinajstić information content (AvgIpc) is 2.46. The number of rotatable bonds is 4. The zero-order chi connectivity index (χ0) is 15.6. The number of nitrogens with one attached hydrogen (secondary N) is 1. The van der Waals surface area contributed by atoms with Crippen LogP contribution in [0.3, 0.4) is 0 Å². The number of sulfonamides is 1. The third-order valence-corrected chi connectivity index (χ3v) is 5.48. The number of hydrogen-bond acceptors (Lipinski definition) is 6. The second kappa shape index (κ2) is 5.96. The second-order valence-electron chi connectivity index (χ2n) is 4.89. The molecule has 0 amide bonds. The van der Waals surface area contributed by atoms with E-state index in [1.165, 1.54) is 22.5 Å². The molecule has 1 saturated heterocycles. The van der Waals surface area contributed by atoms with Crippen molar-refractivity contribution in [2.45, 2.75) is 4.90 Å². The minimum absolute atomic E-state index is 0.0696. The van der Waals surface area contributed by atoms with Crippen LogP contribution in [0, 0.1) is 10.1 Å². The van der Waals surface area contributed by atoms with Crippen LogP contribution in [0.25, 0.3) is 0 Å². The van der Waals surface area contributed by atoms with Gasteiger partial charge in [-0.25, -0.2) is 8.42 Å². The molecule has 1 aliphatic rings. The molecule has 1 heterocycles. The number of non-ortho nitro benzene ring substituents is 1. The van der Waals surface area contributed by atoms with E-state index in [2.05, 4.69) is 10.2 Å². The lowest BCUT2D eigenvalue weighted by Crippen LogP contribution is -2.47. The van der Waals surface area contributed by atoms with Gasteiger partial charge in [-0.1, -0.05) is 0 Å². The predicted octanol–water partition coefficient (Wildman–Crippen LogP) is 0.573. The molecule has 0 aromatic heterocycles. The summed E-state index contributed by atoms with van der Waals surface area (Å²) < 4.78 is 26.7. The fraction of sp³-hybridized carbons (Fsp3) is 0.500. The van der Waals surface area contributed by atoms with Gasteiger partial charge in [-0.15, -0.1) is 0 Å². The van der Waals surface area contributed by atoms with Crippen molar-refractivity contribution in [3.05, 3.63) is 28.3 Å². The van der Waals surface area contributed by atoms with E-state index in [0.29, 0.717) is 26.2 Å². The van der Waals surface area contributed by atoms with Crippen LogP contribution in [0.1, 0.15) is 0 Å². The summed E-state index contributed by atoms with van der Waals surface area (Å²) in [6.45, 7) is 2.17. The minimum atomic E-state index is -3.65. The van der Waals surface area contributed by atoms with E-state index in [0.717, 1.165) is 0 Å².